The van der Waals surface area contributed by atoms with Crippen molar-refractivity contribution in [3.8, 4) is 17.0 Å². The van der Waals surface area contributed by atoms with Crippen molar-refractivity contribution in [2.45, 2.75) is 0 Å². The van der Waals surface area contributed by atoms with Crippen LogP contribution in [0.3, 0.4) is 0 Å². The van der Waals surface area contributed by atoms with Gasteiger partial charge in [0.25, 0.3) is 0 Å². The summed E-state index contributed by atoms with van der Waals surface area (Å²) in [5.41, 5.74) is 2.98. The third-order valence-electron chi connectivity index (χ3n) is 4.86. The van der Waals surface area contributed by atoms with E-state index in [1.807, 2.05) is 41.8 Å². The number of ether oxygens (including phenoxy) is 1. The Hall–Kier alpha value is -2.71. The summed E-state index contributed by atoms with van der Waals surface area (Å²) < 4.78 is 18.3. The lowest BCUT2D eigenvalue weighted by atomic mass is 10.2. The van der Waals surface area contributed by atoms with E-state index in [1.54, 1.807) is 7.11 Å². The maximum absolute atomic E-state index is 13.1. The minimum Gasteiger partial charge on any atom is -0.497 e. The number of rotatable bonds is 4. The highest BCUT2D eigenvalue weighted by Gasteiger charge is 2.20. The Morgan fingerprint density at radius 2 is 1.76 bits per heavy atom. The van der Waals surface area contributed by atoms with Crippen LogP contribution in [0.15, 0.2) is 53.9 Å². The van der Waals surface area contributed by atoms with E-state index in [0.717, 1.165) is 54.0 Å². The van der Waals surface area contributed by atoms with Crippen LogP contribution in [-0.2, 0) is 0 Å². The number of nitrogens with one attached hydrogen (secondary N) is 1. The van der Waals surface area contributed by atoms with Crippen LogP contribution >= 0.6 is 23.6 Å². The van der Waals surface area contributed by atoms with Crippen molar-refractivity contribution in [1.82, 2.24) is 9.88 Å². The number of anilines is 2. The molecule has 1 saturated heterocycles. The first kappa shape index (κ1) is 19.6. The van der Waals surface area contributed by atoms with Gasteiger partial charge in [0.2, 0.25) is 0 Å². The molecule has 29 heavy (non-hydrogen) atoms. The number of hydrogen-bond donors (Lipinski definition) is 1. The Kier molecular flexibility index (Phi) is 5.92. The van der Waals surface area contributed by atoms with E-state index >= 15 is 0 Å². The summed E-state index contributed by atoms with van der Waals surface area (Å²) in [5.74, 6) is 0.610. The molecule has 150 valence electrons. The van der Waals surface area contributed by atoms with Crippen LogP contribution in [0, 0.1) is 5.82 Å². The van der Waals surface area contributed by atoms with E-state index < -0.39 is 0 Å². The molecule has 2 aromatic carbocycles. The van der Waals surface area contributed by atoms with Gasteiger partial charge in [0.15, 0.2) is 10.2 Å². The van der Waals surface area contributed by atoms with Crippen molar-refractivity contribution in [2.24, 2.45) is 0 Å². The highest BCUT2D eigenvalue weighted by molar-refractivity contribution is 7.80. The Balaban J connectivity index is 1.33. The van der Waals surface area contributed by atoms with Crippen LogP contribution in [0.5, 0.6) is 5.75 Å². The average molecular weight is 429 g/mol. The molecule has 8 heteroatoms. The summed E-state index contributed by atoms with van der Waals surface area (Å²) in [6.45, 7) is 3.28. The molecule has 0 unspecified atom stereocenters. The van der Waals surface area contributed by atoms with Crippen molar-refractivity contribution < 1.29 is 9.13 Å². The van der Waals surface area contributed by atoms with Gasteiger partial charge >= 0.3 is 0 Å². The summed E-state index contributed by atoms with van der Waals surface area (Å²) >= 11 is 7.12. The molecule has 0 saturated carbocycles. The number of methoxy groups -OCH3 is 1. The Labute approximate surface area is 178 Å². The first-order chi connectivity index (χ1) is 14.1. The Morgan fingerprint density at radius 3 is 2.41 bits per heavy atom. The first-order valence-electron chi connectivity index (χ1n) is 9.29. The SMILES string of the molecule is COc1ccc(-c2csc(NC(=S)N3CCN(c4ccc(F)cc4)CC3)n2)cc1. The van der Waals surface area contributed by atoms with Gasteiger partial charge in [0.1, 0.15) is 11.6 Å². The fourth-order valence-electron chi connectivity index (χ4n) is 3.22. The molecule has 0 spiro atoms. The zero-order valence-electron chi connectivity index (χ0n) is 16.0. The maximum atomic E-state index is 13.1. The van der Waals surface area contributed by atoms with Crippen molar-refractivity contribution in [3.05, 3.63) is 59.7 Å². The maximum Gasteiger partial charge on any atom is 0.189 e. The van der Waals surface area contributed by atoms with E-state index in [0.29, 0.717) is 5.11 Å². The number of benzene rings is 2. The van der Waals surface area contributed by atoms with E-state index in [9.17, 15) is 4.39 Å². The largest absolute Gasteiger partial charge is 0.497 e. The number of halogens is 1. The second-order valence-corrected chi connectivity index (χ2v) is 7.89. The van der Waals surface area contributed by atoms with Gasteiger partial charge in [-0.15, -0.1) is 11.3 Å². The van der Waals surface area contributed by atoms with Crippen molar-refractivity contribution in [1.29, 1.82) is 0 Å². The monoisotopic (exact) mass is 428 g/mol. The van der Waals surface area contributed by atoms with Gasteiger partial charge in [-0.25, -0.2) is 9.37 Å². The van der Waals surface area contributed by atoms with Crippen LogP contribution in [0.1, 0.15) is 0 Å². The van der Waals surface area contributed by atoms with Crippen molar-refractivity contribution in [3.63, 3.8) is 0 Å². The fourth-order valence-corrected chi connectivity index (χ4v) is 4.28. The first-order valence-corrected chi connectivity index (χ1v) is 10.6. The average Bonchev–Trinajstić information content (AvgIpc) is 3.23. The highest BCUT2D eigenvalue weighted by atomic mass is 32.1. The number of hydrogen-bond acceptors (Lipinski definition) is 5. The van der Waals surface area contributed by atoms with Crippen molar-refractivity contribution in [2.75, 3.05) is 43.5 Å². The predicted octanol–water partition coefficient (Wildman–Crippen LogP) is 4.48. The van der Waals surface area contributed by atoms with Gasteiger partial charge in [-0.2, -0.15) is 0 Å². The smallest absolute Gasteiger partial charge is 0.189 e. The van der Waals surface area contributed by atoms with Crippen LogP contribution < -0.4 is 15.0 Å². The summed E-state index contributed by atoms with van der Waals surface area (Å²) in [5, 5.41) is 6.73. The number of nitrogens with zero attached hydrogens (tertiary/aromatic N) is 3. The minimum absolute atomic E-state index is 0.213. The number of aromatic nitrogens is 1. The minimum atomic E-state index is -0.213. The zero-order chi connectivity index (χ0) is 20.2. The summed E-state index contributed by atoms with van der Waals surface area (Å²) in [6, 6.07) is 14.5. The van der Waals surface area contributed by atoms with E-state index in [1.165, 1.54) is 23.5 Å². The molecule has 0 radical (unpaired) electrons. The lowest BCUT2D eigenvalue weighted by Crippen LogP contribution is -2.50. The van der Waals surface area contributed by atoms with Gasteiger partial charge in [-0.3, -0.25) is 0 Å². The molecular formula is C21H21FN4OS2. The quantitative estimate of drug-likeness (QED) is 0.618. The molecule has 0 bridgehead atoms. The number of thiocarbonyl (C=S) groups is 1. The van der Waals surface area contributed by atoms with Gasteiger partial charge in [0.05, 0.1) is 12.8 Å². The Bertz CT molecular complexity index is 967. The van der Waals surface area contributed by atoms with Crippen LogP contribution in [0.4, 0.5) is 15.2 Å². The molecule has 5 nitrogen and oxygen atoms in total. The predicted molar refractivity (Wildman–Crippen MR) is 121 cm³/mol. The third-order valence-corrected chi connectivity index (χ3v) is 5.98. The molecule has 2 heterocycles. The third kappa shape index (κ3) is 4.65. The van der Waals surface area contributed by atoms with Gasteiger partial charge in [-0.1, -0.05) is 0 Å². The molecule has 3 aromatic rings. The summed E-state index contributed by atoms with van der Waals surface area (Å²) in [7, 11) is 1.65. The van der Waals surface area contributed by atoms with E-state index in [4.69, 9.17) is 17.0 Å². The standard InChI is InChI=1S/C21H21FN4OS2/c1-27-18-8-2-15(3-9-18)19-14-29-20(23-19)24-21(28)26-12-10-25(11-13-26)17-6-4-16(22)5-7-17/h2-9,14H,10-13H2,1H3,(H,23,24,28). The van der Waals surface area contributed by atoms with Crippen LogP contribution in [0.25, 0.3) is 11.3 Å². The van der Waals surface area contributed by atoms with E-state index in [2.05, 4.69) is 20.1 Å². The van der Waals surface area contributed by atoms with Gasteiger partial charge in [0, 0.05) is 42.8 Å². The second kappa shape index (κ2) is 8.75. The summed E-state index contributed by atoms with van der Waals surface area (Å²) in [6.07, 6.45) is 0. The number of piperazine rings is 1. The van der Waals surface area contributed by atoms with Crippen LogP contribution in [-0.4, -0.2) is 48.3 Å². The van der Waals surface area contributed by atoms with Crippen LogP contribution in [0.2, 0.25) is 0 Å². The number of thiazole rings is 1. The molecule has 0 atom stereocenters. The lowest BCUT2D eigenvalue weighted by Gasteiger charge is -2.37. The molecule has 1 fully saturated rings. The summed E-state index contributed by atoms with van der Waals surface area (Å²) in [4.78, 5) is 9.03. The normalized spacial score (nSPS) is 14.0. The zero-order valence-corrected chi connectivity index (χ0v) is 17.6. The van der Waals surface area contributed by atoms with Gasteiger partial charge in [-0.05, 0) is 60.7 Å². The van der Waals surface area contributed by atoms with E-state index in [-0.39, 0.29) is 5.82 Å². The molecule has 1 N–H and O–H groups in total. The lowest BCUT2D eigenvalue weighted by molar-refractivity contribution is 0.391. The molecule has 4 rings (SSSR count). The second-order valence-electron chi connectivity index (χ2n) is 6.65. The highest BCUT2D eigenvalue weighted by Crippen LogP contribution is 2.27. The molecule has 0 amide bonds. The fraction of sp³-hybridized carbons (Fsp3) is 0.238. The Morgan fingerprint density at radius 1 is 1.07 bits per heavy atom. The molecular weight excluding hydrogens is 407 g/mol. The van der Waals surface area contributed by atoms with Gasteiger partial charge < -0.3 is 19.9 Å². The topological polar surface area (TPSA) is 40.6 Å². The molecule has 1 aromatic heterocycles. The molecule has 1 aliphatic heterocycles. The van der Waals surface area contributed by atoms with Crippen molar-refractivity contribution >= 4 is 39.5 Å². The molecule has 1 aliphatic rings. The molecule has 0 aliphatic carbocycles.